The van der Waals surface area contributed by atoms with Gasteiger partial charge in [-0.1, -0.05) is 13.8 Å². The van der Waals surface area contributed by atoms with Crippen molar-refractivity contribution in [3.8, 4) is 5.88 Å². The Morgan fingerprint density at radius 3 is 2.81 bits per heavy atom. The molecule has 1 aromatic heterocycles. The van der Waals surface area contributed by atoms with E-state index in [1.54, 1.807) is 18.4 Å². The topological polar surface area (TPSA) is 87.4 Å². The van der Waals surface area contributed by atoms with Crippen LogP contribution in [0.15, 0.2) is 32.4 Å². The van der Waals surface area contributed by atoms with Crippen LogP contribution in [-0.4, -0.2) is 20.9 Å². The zero-order valence-corrected chi connectivity index (χ0v) is 12.2. The average Bonchev–Trinajstić information content (AvgIpc) is 2.91. The Morgan fingerprint density at radius 1 is 1.43 bits per heavy atom. The fourth-order valence-corrected chi connectivity index (χ4v) is 2.12. The van der Waals surface area contributed by atoms with Crippen molar-refractivity contribution in [1.82, 2.24) is 9.55 Å². The third-order valence-corrected chi connectivity index (χ3v) is 3.24. The number of aromatic hydroxyl groups is 1. The van der Waals surface area contributed by atoms with Crippen LogP contribution in [0.3, 0.4) is 0 Å². The molecule has 21 heavy (non-hydrogen) atoms. The number of rotatable bonds is 5. The van der Waals surface area contributed by atoms with Crippen LogP contribution < -0.4 is 11.2 Å². The summed E-state index contributed by atoms with van der Waals surface area (Å²) in [5.41, 5.74) is -0.587. The number of aromatic nitrogens is 2. The molecule has 6 heteroatoms. The van der Waals surface area contributed by atoms with Crippen LogP contribution in [-0.2, 0) is 6.54 Å². The van der Waals surface area contributed by atoms with E-state index < -0.39 is 11.2 Å². The minimum Gasteiger partial charge on any atom is -0.494 e. The lowest BCUT2D eigenvalue weighted by Crippen LogP contribution is -2.31. The number of aromatic amines is 1. The van der Waals surface area contributed by atoms with Gasteiger partial charge < -0.3 is 5.11 Å². The quantitative estimate of drug-likeness (QED) is 0.864. The monoisotopic (exact) mass is 289 g/mol. The molecular formula is C15H19N3O3. The van der Waals surface area contributed by atoms with Crippen molar-refractivity contribution in [3.63, 3.8) is 0 Å². The lowest BCUT2D eigenvalue weighted by Gasteiger charge is -2.10. The van der Waals surface area contributed by atoms with E-state index in [0.717, 1.165) is 12.8 Å². The number of nitrogens with zero attached hydrogens (tertiary/aromatic N) is 2. The molecule has 0 amide bonds. The van der Waals surface area contributed by atoms with Crippen molar-refractivity contribution in [2.75, 3.05) is 0 Å². The van der Waals surface area contributed by atoms with E-state index in [4.69, 9.17) is 0 Å². The summed E-state index contributed by atoms with van der Waals surface area (Å²) in [4.78, 5) is 29.9. The minimum atomic E-state index is -0.611. The fraction of sp³-hybridized carbons (Fsp3) is 0.400. The molecule has 0 saturated heterocycles. The summed E-state index contributed by atoms with van der Waals surface area (Å²) in [6, 6.07) is 0. The SMILES string of the molecule is CC(C)CCCn1c(O)c(/C=C2\C=CC=N2)c(=O)[nH]c1=O. The van der Waals surface area contributed by atoms with Crippen LogP contribution in [0.2, 0.25) is 0 Å². The second-order valence-corrected chi connectivity index (χ2v) is 5.39. The van der Waals surface area contributed by atoms with E-state index in [1.807, 2.05) is 0 Å². The van der Waals surface area contributed by atoms with Gasteiger partial charge in [0, 0.05) is 12.8 Å². The van der Waals surface area contributed by atoms with E-state index in [9.17, 15) is 14.7 Å². The van der Waals surface area contributed by atoms with Gasteiger partial charge in [0.15, 0.2) is 0 Å². The molecule has 2 rings (SSSR count). The van der Waals surface area contributed by atoms with E-state index in [1.165, 1.54) is 10.6 Å². The molecule has 0 spiro atoms. The first kappa shape index (κ1) is 15.0. The summed E-state index contributed by atoms with van der Waals surface area (Å²) in [7, 11) is 0. The second-order valence-electron chi connectivity index (χ2n) is 5.39. The van der Waals surface area contributed by atoms with Crippen molar-refractivity contribution in [2.45, 2.75) is 33.2 Å². The maximum absolute atomic E-state index is 11.8. The van der Waals surface area contributed by atoms with Crippen LogP contribution in [0.25, 0.3) is 6.08 Å². The van der Waals surface area contributed by atoms with Gasteiger partial charge in [-0.25, -0.2) is 4.79 Å². The molecule has 0 saturated carbocycles. The Morgan fingerprint density at radius 2 is 2.19 bits per heavy atom. The van der Waals surface area contributed by atoms with E-state index in [0.29, 0.717) is 18.2 Å². The first-order valence-corrected chi connectivity index (χ1v) is 6.97. The molecule has 6 nitrogen and oxygen atoms in total. The van der Waals surface area contributed by atoms with Crippen LogP contribution in [0.5, 0.6) is 5.88 Å². The Bertz CT molecular complexity index is 707. The van der Waals surface area contributed by atoms with Gasteiger partial charge in [0.1, 0.15) is 5.56 Å². The summed E-state index contributed by atoms with van der Waals surface area (Å²) >= 11 is 0. The third-order valence-electron chi connectivity index (χ3n) is 3.24. The van der Waals surface area contributed by atoms with E-state index >= 15 is 0 Å². The molecule has 0 bridgehead atoms. The Kier molecular flexibility index (Phi) is 4.57. The molecule has 1 aromatic rings. The predicted octanol–water partition coefficient (Wildman–Crippen LogP) is 1.66. The highest BCUT2D eigenvalue weighted by atomic mass is 16.3. The normalized spacial score (nSPS) is 15.5. The highest BCUT2D eigenvalue weighted by molar-refractivity contribution is 5.79. The Balaban J connectivity index is 2.36. The summed E-state index contributed by atoms with van der Waals surface area (Å²) < 4.78 is 1.19. The lowest BCUT2D eigenvalue weighted by molar-refractivity contribution is 0.386. The van der Waals surface area contributed by atoms with Crippen molar-refractivity contribution in [3.05, 3.63) is 44.3 Å². The first-order chi connectivity index (χ1) is 9.99. The number of hydrogen-bond donors (Lipinski definition) is 2. The average molecular weight is 289 g/mol. The van der Waals surface area contributed by atoms with Gasteiger partial charge in [0.05, 0.1) is 5.70 Å². The molecule has 0 unspecified atom stereocenters. The zero-order chi connectivity index (χ0) is 15.4. The number of allylic oxidation sites excluding steroid dienone is 2. The fourth-order valence-electron chi connectivity index (χ4n) is 2.12. The molecule has 0 radical (unpaired) electrons. The molecule has 2 heterocycles. The van der Waals surface area contributed by atoms with Crippen LogP contribution >= 0.6 is 0 Å². The van der Waals surface area contributed by atoms with Crippen LogP contribution in [0.1, 0.15) is 32.3 Å². The summed E-state index contributed by atoms with van der Waals surface area (Å²) in [5.74, 6) is 0.209. The standard InChI is InChI=1S/C15H19N3O3/c1-10(2)5-4-8-18-14(20)12(13(19)17-15(18)21)9-11-6-3-7-16-11/h3,6-7,9-10,20H,4-5,8H2,1-2H3,(H,17,19,21)/b11-9+. The molecule has 0 aliphatic carbocycles. The molecule has 0 aromatic carbocycles. The van der Waals surface area contributed by atoms with Gasteiger partial charge in [-0.15, -0.1) is 0 Å². The molecule has 1 aliphatic rings. The van der Waals surface area contributed by atoms with Crippen LogP contribution in [0.4, 0.5) is 0 Å². The number of aliphatic imine (C=N–C) groups is 1. The van der Waals surface area contributed by atoms with E-state index in [2.05, 4.69) is 23.8 Å². The molecule has 0 fully saturated rings. The maximum Gasteiger partial charge on any atom is 0.331 e. The second kappa shape index (κ2) is 6.39. The third kappa shape index (κ3) is 3.59. The summed E-state index contributed by atoms with van der Waals surface area (Å²) in [6.45, 7) is 4.56. The summed E-state index contributed by atoms with van der Waals surface area (Å²) in [5, 5.41) is 10.2. The van der Waals surface area contributed by atoms with E-state index in [-0.39, 0.29) is 11.4 Å². The van der Waals surface area contributed by atoms with Gasteiger partial charge in [-0.2, -0.15) is 0 Å². The molecule has 0 atom stereocenters. The highest BCUT2D eigenvalue weighted by Gasteiger charge is 2.13. The maximum atomic E-state index is 11.8. The van der Waals surface area contributed by atoms with Gasteiger partial charge >= 0.3 is 5.69 Å². The Hall–Kier alpha value is -2.37. The van der Waals surface area contributed by atoms with Crippen molar-refractivity contribution in [2.24, 2.45) is 10.9 Å². The minimum absolute atomic E-state index is 0.0536. The number of H-pyrrole nitrogens is 1. The smallest absolute Gasteiger partial charge is 0.331 e. The zero-order valence-electron chi connectivity index (χ0n) is 12.2. The largest absolute Gasteiger partial charge is 0.494 e. The molecule has 1 aliphatic heterocycles. The first-order valence-electron chi connectivity index (χ1n) is 6.97. The molecular weight excluding hydrogens is 270 g/mol. The highest BCUT2D eigenvalue weighted by Crippen LogP contribution is 2.17. The van der Waals surface area contributed by atoms with Gasteiger partial charge in [-0.05, 0) is 37.0 Å². The molecule has 2 N–H and O–H groups in total. The van der Waals surface area contributed by atoms with Gasteiger partial charge in [0.25, 0.3) is 5.56 Å². The van der Waals surface area contributed by atoms with Gasteiger partial charge in [-0.3, -0.25) is 19.3 Å². The van der Waals surface area contributed by atoms with Gasteiger partial charge in [0.2, 0.25) is 5.88 Å². The lowest BCUT2D eigenvalue weighted by atomic mass is 10.1. The van der Waals surface area contributed by atoms with Crippen LogP contribution in [0, 0.1) is 5.92 Å². The van der Waals surface area contributed by atoms with Crippen molar-refractivity contribution in [1.29, 1.82) is 0 Å². The van der Waals surface area contributed by atoms with Crippen molar-refractivity contribution >= 4 is 12.3 Å². The number of nitrogens with one attached hydrogen (secondary N) is 1. The number of hydrogen-bond acceptors (Lipinski definition) is 4. The van der Waals surface area contributed by atoms with Crippen molar-refractivity contribution < 1.29 is 5.11 Å². The Labute approximate surface area is 122 Å². The molecule has 112 valence electrons. The predicted molar refractivity (Wildman–Crippen MR) is 82.7 cm³/mol. The summed E-state index contributed by atoms with van der Waals surface area (Å²) in [6.07, 6.45) is 8.20.